The first kappa shape index (κ1) is 13.2. The van der Waals surface area contributed by atoms with Crippen molar-refractivity contribution in [2.24, 2.45) is 0 Å². The lowest BCUT2D eigenvalue weighted by Gasteiger charge is -2.26. The minimum atomic E-state index is -1.52. The Balaban J connectivity index is 1.45. The van der Waals surface area contributed by atoms with Gasteiger partial charge in [-0.05, 0) is 37.3 Å². The highest BCUT2D eigenvalue weighted by Gasteiger charge is 2.56. The molecule has 2 atom stereocenters. The molecule has 4 rings (SSSR count). The van der Waals surface area contributed by atoms with Gasteiger partial charge in [0.2, 0.25) is 0 Å². The SMILES string of the molecule is O=C(N1CC[C@H]2[C@H]1CCN2Cc1cccnc1)C1(F)CC1. The molecule has 5 heteroatoms. The summed E-state index contributed by atoms with van der Waals surface area (Å²) >= 11 is 0. The summed E-state index contributed by atoms with van der Waals surface area (Å²) in [6.07, 6.45) is 6.44. The summed E-state index contributed by atoms with van der Waals surface area (Å²) in [5.41, 5.74) is -0.321. The molecule has 21 heavy (non-hydrogen) atoms. The Morgan fingerprint density at radius 1 is 1.33 bits per heavy atom. The predicted octanol–water partition coefficient (Wildman–Crippen LogP) is 1.76. The van der Waals surface area contributed by atoms with Crippen molar-refractivity contribution in [1.82, 2.24) is 14.8 Å². The molecule has 0 radical (unpaired) electrons. The molecule has 1 aromatic rings. The highest BCUT2D eigenvalue weighted by atomic mass is 19.1. The van der Waals surface area contributed by atoms with Gasteiger partial charge >= 0.3 is 0 Å². The topological polar surface area (TPSA) is 36.4 Å². The van der Waals surface area contributed by atoms with Crippen molar-refractivity contribution >= 4 is 5.91 Å². The number of fused-ring (bicyclic) bond motifs is 1. The number of carbonyl (C=O) groups excluding carboxylic acids is 1. The van der Waals surface area contributed by atoms with E-state index in [9.17, 15) is 9.18 Å². The van der Waals surface area contributed by atoms with Gasteiger partial charge in [-0.3, -0.25) is 14.7 Å². The Kier molecular flexibility index (Phi) is 2.99. The Morgan fingerprint density at radius 2 is 2.14 bits per heavy atom. The number of pyridine rings is 1. The minimum Gasteiger partial charge on any atom is -0.335 e. The standard InChI is InChI=1S/C16H20FN3O/c17-16(5-6-16)15(21)20-9-4-13-14(20)3-8-19(13)11-12-2-1-7-18-10-12/h1-2,7,10,13-14H,3-6,8-9,11H2/t13-,14+/m0/s1. The molecule has 0 unspecified atom stereocenters. The summed E-state index contributed by atoms with van der Waals surface area (Å²) in [4.78, 5) is 20.7. The quantitative estimate of drug-likeness (QED) is 0.851. The number of carbonyl (C=O) groups is 1. The third-order valence-electron chi connectivity index (χ3n) is 5.13. The van der Waals surface area contributed by atoms with Gasteiger partial charge in [0.25, 0.3) is 5.91 Å². The Labute approximate surface area is 123 Å². The maximum Gasteiger partial charge on any atom is 0.260 e. The van der Waals surface area contributed by atoms with Gasteiger partial charge in [0.05, 0.1) is 0 Å². The molecule has 3 fully saturated rings. The van der Waals surface area contributed by atoms with Crippen LogP contribution in [0.1, 0.15) is 31.2 Å². The van der Waals surface area contributed by atoms with E-state index in [2.05, 4.69) is 16.0 Å². The van der Waals surface area contributed by atoms with Crippen molar-refractivity contribution in [2.75, 3.05) is 13.1 Å². The number of aromatic nitrogens is 1. The molecule has 0 N–H and O–H groups in total. The van der Waals surface area contributed by atoms with Crippen molar-refractivity contribution in [3.63, 3.8) is 0 Å². The molecule has 1 amide bonds. The lowest BCUT2D eigenvalue weighted by Crippen LogP contribution is -2.44. The molecule has 3 heterocycles. The van der Waals surface area contributed by atoms with Crippen LogP contribution in [0.4, 0.5) is 4.39 Å². The average molecular weight is 289 g/mol. The summed E-state index contributed by atoms with van der Waals surface area (Å²) in [6.45, 7) is 2.56. The molecule has 4 nitrogen and oxygen atoms in total. The summed E-state index contributed by atoms with van der Waals surface area (Å²) in [5, 5.41) is 0. The van der Waals surface area contributed by atoms with E-state index in [1.165, 1.54) is 5.56 Å². The van der Waals surface area contributed by atoms with Crippen molar-refractivity contribution in [3.05, 3.63) is 30.1 Å². The molecule has 2 aliphatic heterocycles. The number of hydrogen-bond acceptors (Lipinski definition) is 3. The maximum absolute atomic E-state index is 14.0. The summed E-state index contributed by atoms with van der Waals surface area (Å²) in [7, 11) is 0. The second kappa shape index (κ2) is 4.77. The van der Waals surface area contributed by atoms with Crippen LogP contribution in [0.5, 0.6) is 0 Å². The van der Waals surface area contributed by atoms with E-state index in [0.717, 1.165) is 25.9 Å². The molecule has 112 valence electrons. The van der Waals surface area contributed by atoms with E-state index in [4.69, 9.17) is 0 Å². The van der Waals surface area contributed by atoms with Crippen LogP contribution < -0.4 is 0 Å². The van der Waals surface area contributed by atoms with Crippen molar-refractivity contribution in [2.45, 2.75) is 50.0 Å². The highest BCUT2D eigenvalue weighted by molar-refractivity contribution is 5.88. The molecule has 1 aromatic heterocycles. The number of amides is 1. The number of likely N-dealkylation sites (tertiary alicyclic amines) is 2. The normalized spacial score (nSPS) is 30.4. The van der Waals surface area contributed by atoms with Crippen LogP contribution in [0.3, 0.4) is 0 Å². The fourth-order valence-corrected chi connectivity index (χ4v) is 3.83. The third kappa shape index (κ3) is 2.24. The van der Waals surface area contributed by atoms with Gasteiger partial charge in [0.15, 0.2) is 5.67 Å². The second-order valence-electron chi connectivity index (χ2n) is 6.51. The summed E-state index contributed by atoms with van der Waals surface area (Å²) in [5.74, 6) is -0.252. The van der Waals surface area contributed by atoms with Gasteiger partial charge in [-0.1, -0.05) is 6.07 Å². The van der Waals surface area contributed by atoms with Crippen LogP contribution in [-0.4, -0.2) is 51.5 Å². The number of nitrogens with zero attached hydrogens (tertiary/aromatic N) is 3. The van der Waals surface area contributed by atoms with Crippen LogP contribution in [-0.2, 0) is 11.3 Å². The summed E-state index contributed by atoms with van der Waals surface area (Å²) < 4.78 is 14.0. The Bertz CT molecular complexity index is 546. The van der Waals surface area contributed by atoms with Gasteiger partial charge in [-0.15, -0.1) is 0 Å². The zero-order chi connectivity index (χ0) is 14.4. The first-order valence-electron chi connectivity index (χ1n) is 7.80. The van der Waals surface area contributed by atoms with Crippen molar-refractivity contribution in [3.8, 4) is 0 Å². The van der Waals surface area contributed by atoms with Crippen LogP contribution in [0.2, 0.25) is 0 Å². The molecule has 3 aliphatic rings. The van der Waals surface area contributed by atoms with Crippen molar-refractivity contribution in [1.29, 1.82) is 0 Å². The third-order valence-corrected chi connectivity index (χ3v) is 5.13. The van der Waals surface area contributed by atoms with E-state index in [1.807, 2.05) is 17.2 Å². The second-order valence-corrected chi connectivity index (χ2v) is 6.51. The Morgan fingerprint density at radius 3 is 2.86 bits per heavy atom. The van der Waals surface area contributed by atoms with Crippen LogP contribution in [0.15, 0.2) is 24.5 Å². The van der Waals surface area contributed by atoms with Gasteiger partial charge < -0.3 is 4.90 Å². The van der Waals surface area contributed by atoms with Gasteiger partial charge in [0, 0.05) is 44.1 Å². The van der Waals surface area contributed by atoms with E-state index in [-0.39, 0.29) is 11.9 Å². The molecular formula is C16H20FN3O. The van der Waals surface area contributed by atoms with Crippen LogP contribution >= 0.6 is 0 Å². The predicted molar refractivity (Wildman–Crippen MR) is 76.2 cm³/mol. The van der Waals surface area contributed by atoms with E-state index >= 15 is 0 Å². The van der Waals surface area contributed by atoms with E-state index in [0.29, 0.717) is 25.4 Å². The first-order valence-corrected chi connectivity index (χ1v) is 7.80. The number of rotatable bonds is 3. The lowest BCUT2D eigenvalue weighted by atomic mass is 10.1. The molecule has 0 spiro atoms. The van der Waals surface area contributed by atoms with Crippen molar-refractivity contribution < 1.29 is 9.18 Å². The number of hydrogen-bond donors (Lipinski definition) is 0. The molecule has 0 bridgehead atoms. The fraction of sp³-hybridized carbons (Fsp3) is 0.625. The zero-order valence-corrected chi connectivity index (χ0v) is 12.0. The number of alkyl halides is 1. The van der Waals surface area contributed by atoms with Crippen LogP contribution in [0.25, 0.3) is 0 Å². The lowest BCUT2D eigenvalue weighted by molar-refractivity contribution is -0.139. The fourth-order valence-electron chi connectivity index (χ4n) is 3.83. The first-order chi connectivity index (χ1) is 10.2. The number of halogens is 1. The largest absolute Gasteiger partial charge is 0.335 e. The van der Waals surface area contributed by atoms with E-state index < -0.39 is 5.67 Å². The molecule has 2 saturated heterocycles. The van der Waals surface area contributed by atoms with E-state index in [1.54, 1.807) is 6.20 Å². The molecular weight excluding hydrogens is 269 g/mol. The highest BCUT2D eigenvalue weighted by Crippen LogP contribution is 2.44. The Hall–Kier alpha value is -1.49. The summed E-state index contributed by atoms with van der Waals surface area (Å²) in [6, 6.07) is 4.63. The van der Waals surface area contributed by atoms with Crippen LogP contribution in [0, 0.1) is 0 Å². The van der Waals surface area contributed by atoms with Gasteiger partial charge in [-0.25, -0.2) is 4.39 Å². The molecule has 1 saturated carbocycles. The maximum atomic E-state index is 14.0. The van der Waals surface area contributed by atoms with Gasteiger partial charge in [0.1, 0.15) is 0 Å². The molecule has 0 aromatic carbocycles. The smallest absolute Gasteiger partial charge is 0.260 e. The minimum absolute atomic E-state index is 0.211. The monoisotopic (exact) mass is 289 g/mol. The zero-order valence-electron chi connectivity index (χ0n) is 12.0. The molecule has 1 aliphatic carbocycles. The van der Waals surface area contributed by atoms with Gasteiger partial charge in [-0.2, -0.15) is 0 Å². The average Bonchev–Trinajstić information content (AvgIpc) is 2.96.